The standard InChI is InChI=1S/C18H23.C9H12N.2ClH.Ti/c1-11(2)16-9-7-8-10-17(16)18-14(5)12(3)13(4)15(18)6;1-6-4-7(2)9(10)8(3)5-6;;;/h7-10,14H,1-6H3;4-5,10H,1-3H3;2*1H;/q;-1;;;+1. The number of aryl methyl sites for hydroxylation is 3. The van der Waals surface area contributed by atoms with Crippen molar-refractivity contribution in [2.45, 2.75) is 66.0 Å². The molecule has 1 aliphatic rings. The number of rotatable bonds is 5. The van der Waals surface area contributed by atoms with Gasteiger partial charge in [0.05, 0.1) is 0 Å². The summed E-state index contributed by atoms with van der Waals surface area (Å²) in [6.45, 7) is 20.7. The van der Waals surface area contributed by atoms with Crippen molar-refractivity contribution in [3.8, 4) is 0 Å². The van der Waals surface area contributed by atoms with Gasteiger partial charge in [0, 0.05) is 0 Å². The van der Waals surface area contributed by atoms with Crippen LogP contribution >= 0.6 is 24.8 Å². The smallest absolute Gasteiger partial charge is 0.147 e. The third-order valence-electron chi connectivity index (χ3n) is 6.71. The Bertz CT molecular complexity index is 995. The Balaban J connectivity index is 0.00000240. The van der Waals surface area contributed by atoms with Crippen molar-refractivity contribution in [1.29, 1.82) is 0 Å². The first-order chi connectivity index (χ1) is 13.5. The third-order valence-corrected chi connectivity index (χ3v) is 8.69. The maximum absolute atomic E-state index is 3.90. The van der Waals surface area contributed by atoms with Crippen molar-refractivity contribution >= 4 is 36.1 Å². The summed E-state index contributed by atoms with van der Waals surface area (Å²) in [6, 6.07) is 13.7. The van der Waals surface area contributed by atoms with E-state index in [1.807, 2.05) is 0 Å². The van der Waals surface area contributed by atoms with Crippen LogP contribution in [0.4, 0.5) is 5.69 Å². The summed E-state index contributed by atoms with van der Waals surface area (Å²) < 4.78 is 4.04. The fourth-order valence-electron chi connectivity index (χ4n) is 4.73. The minimum absolute atomic E-state index is 0. The molecule has 0 amide bonds. The van der Waals surface area contributed by atoms with Gasteiger partial charge in [-0.05, 0) is 0 Å². The van der Waals surface area contributed by atoms with Crippen LogP contribution in [0.15, 0.2) is 53.1 Å². The van der Waals surface area contributed by atoms with Crippen LogP contribution in [0.5, 0.6) is 0 Å². The Kier molecular flexibility index (Phi) is 9.73. The molecule has 0 saturated heterocycles. The average Bonchev–Trinajstić information content (AvgIpc) is 2.84. The normalized spacial score (nSPS) is 16.1. The first-order valence-electron chi connectivity index (χ1n) is 10.6. The van der Waals surface area contributed by atoms with E-state index in [0.29, 0.717) is 5.92 Å². The molecule has 0 fully saturated rings. The van der Waals surface area contributed by atoms with Crippen LogP contribution < -0.4 is 3.80 Å². The van der Waals surface area contributed by atoms with Gasteiger partial charge in [0.15, 0.2) is 0 Å². The summed E-state index contributed by atoms with van der Waals surface area (Å²) in [5.74, 6) is 0.501. The van der Waals surface area contributed by atoms with Crippen LogP contribution in [0.3, 0.4) is 0 Å². The predicted molar refractivity (Wildman–Crippen MR) is 138 cm³/mol. The van der Waals surface area contributed by atoms with Crippen LogP contribution in [0.1, 0.15) is 69.4 Å². The Morgan fingerprint density at radius 2 is 1.39 bits per heavy atom. The van der Waals surface area contributed by atoms with Gasteiger partial charge < -0.3 is 0 Å². The van der Waals surface area contributed by atoms with E-state index in [9.17, 15) is 0 Å². The zero-order chi connectivity index (χ0) is 21.5. The van der Waals surface area contributed by atoms with Gasteiger partial charge in [-0.2, -0.15) is 0 Å². The number of nitrogens with one attached hydrogen (secondary N) is 1. The molecule has 2 aromatic rings. The fourth-order valence-corrected chi connectivity index (χ4v) is 6.57. The van der Waals surface area contributed by atoms with Crippen LogP contribution in [0, 0.1) is 26.7 Å². The van der Waals surface area contributed by atoms with Crippen molar-refractivity contribution in [2.75, 3.05) is 3.80 Å². The molecular formula is C27H37Cl2NTi. The van der Waals surface area contributed by atoms with E-state index in [2.05, 4.69) is 103 Å². The van der Waals surface area contributed by atoms with E-state index in [1.165, 1.54) is 55.8 Å². The van der Waals surface area contributed by atoms with Crippen molar-refractivity contribution in [3.63, 3.8) is 0 Å². The monoisotopic (exact) mass is 493 g/mol. The second-order valence-corrected chi connectivity index (χ2v) is 12.0. The molecule has 1 atom stereocenters. The molecule has 3 rings (SSSR count). The molecule has 1 aliphatic carbocycles. The molecule has 0 radical (unpaired) electrons. The van der Waals surface area contributed by atoms with E-state index >= 15 is 0 Å². The molecule has 1 N–H and O–H groups in total. The van der Waals surface area contributed by atoms with Gasteiger partial charge in [0.2, 0.25) is 0 Å². The molecule has 0 saturated carbocycles. The van der Waals surface area contributed by atoms with E-state index in [-0.39, 0.29) is 28.5 Å². The average molecular weight is 494 g/mol. The molecule has 0 bridgehead atoms. The van der Waals surface area contributed by atoms with Gasteiger partial charge in [-0.25, -0.2) is 0 Å². The van der Waals surface area contributed by atoms with E-state index < -0.39 is 19.4 Å². The minimum atomic E-state index is -0.456. The molecule has 0 spiro atoms. The van der Waals surface area contributed by atoms with E-state index in [0.717, 1.165) is 0 Å². The predicted octanol–water partition coefficient (Wildman–Crippen LogP) is 8.56. The second kappa shape index (κ2) is 10.8. The Labute approximate surface area is 211 Å². The second-order valence-electron chi connectivity index (χ2n) is 9.26. The number of hydrogen-bond donors (Lipinski definition) is 1. The number of anilines is 1. The van der Waals surface area contributed by atoms with Gasteiger partial charge in [0.1, 0.15) is 0 Å². The molecule has 1 nitrogen and oxygen atoms in total. The van der Waals surface area contributed by atoms with Gasteiger partial charge in [0.25, 0.3) is 0 Å². The van der Waals surface area contributed by atoms with Gasteiger partial charge >= 0.3 is 187 Å². The fraction of sp³-hybridized carbons (Fsp3) is 0.407. The summed E-state index contributed by atoms with van der Waals surface area (Å²) in [4.78, 5) is 0. The van der Waals surface area contributed by atoms with E-state index in [4.69, 9.17) is 0 Å². The first-order valence-corrected chi connectivity index (χ1v) is 12.2. The molecule has 0 heterocycles. The Morgan fingerprint density at radius 1 is 0.839 bits per heavy atom. The number of benzene rings is 2. The van der Waals surface area contributed by atoms with Crippen LogP contribution in [-0.4, -0.2) is 0 Å². The molecule has 4 heteroatoms. The largest absolute Gasteiger partial charge is 0.147 e. The summed E-state index contributed by atoms with van der Waals surface area (Å²) in [7, 11) is 0. The topological polar surface area (TPSA) is 12.0 Å². The molecular weight excluding hydrogens is 457 g/mol. The number of allylic oxidation sites excluding steroid dienone is 4. The molecule has 0 aromatic heterocycles. The quantitative estimate of drug-likeness (QED) is 0.411. The van der Waals surface area contributed by atoms with Crippen molar-refractivity contribution in [3.05, 3.63) is 80.9 Å². The zero-order valence-corrected chi connectivity index (χ0v) is 23.6. The molecule has 0 aliphatic heterocycles. The van der Waals surface area contributed by atoms with Crippen molar-refractivity contribution in [2.24, 2.45) is 5.92 Å². The third kappa shape index (κ3) is 5.51. The zero-order valence-electron chi connectivity index (χ0n) is 20.4. The summed E-state index contributed by atoms with van der Waals surface area (Å²) >= 11 is -0.456. The maximum atomic E-state index is 3.90. The molecule has 31 heavy (non-hydrogen) atoms. The SMILES string of the molecule is CC1=C(C)C(C)C(c2ccccc2[C](C)(C)[Ti][NH]c2c(C)cc(C)cc2C)=C1C.Cl.Cl. The first kappa shape index (κ1) is 28.0. The minimum Gasteiger partial charge on any atom is -0.147 e. The molecule has 168 valence electrons. The Morgan fingerprint density at radius 3 is 1.90 bits per heavy atom. The number of hydrogen-bond acceptors (Lipinski definition) is 1. The van der Waals surface area contributed by atoms with Gasteiger partial charge in [-0.15, -0.1) is 24.8 Å². The summed E-state index contributed by atoms with van der Waals surface area (Å²) in [5.41, 5.74) is 14.3. The van der Waals surface area contributed by atoms with Crippen LogP contribution in [-0.2, 0) is 23.1 Å². The summed E-state index contributed by atoms with van der Waals surface area (Å²) in [5, 5.41) is 0. The summed E-state index contributed by atoms with van der Waals surface area (Å²) in [6.07, 6.45) is 0. The number of halogens is 2. The van der Waals surface area contributed by atoms with Gasteiger partial charge in [-0.1, -0.05) is 0 Å². The molecule has 1 unspecified atom stereocenters. The van der Waals surface area contributed by atoms with Crippen molar-refractivity contribution in [1.82, 2.24) is 0 Å². The van der Waals surface area contributed by atoms with Crippen molar-refractivity contribution < 1.29 is 19.4 Å². The maximum Gasteiger partial charge on any atom is -0.147 e. The van der Waals surface area contributed by atoms with Gasteiger partial charge in [-0.3, -0.25) is 0 Å². The Hall–Kier alpha value is -0.986. The van der Waals surface area contributed by atoms with E-state index in [1.54, 1.807) is 0 Å². The van der Waals surface area contributed by atoms with Crippen LogP contribution in [0.2, 0.25) is 0 Å². The molecule has 2 aromatic carbocycles. The van der Waals surface area contributed by atoms with Crippen LogP contribution in [0.25, 0.3) is 5.57 Å².